The van der Waals surface area contributed by atoms with Crippen LogP contribution in [0.3, 0.4) is 0 Å². The minimum absolute atomic E-state index is 0.100. The molecule has 3 aliphatic rings. The van der Waals surface area contributed by atoms with Crippen LogP contribution >= 0.6 is 0 Å². The zero-order chi connectivity index (χ0) is 20.3. The number of allylic oxidation sites excluding steroid dienone is 2. The fourth-order valence-corrected chi connectivity index (χ4v) is 6.36. The first-order chi connectivity index (χ1) is 13.3. The van der Waals surface area contributed by atoms with E-state index in [4.69, 9.17) is 5.11 Å². The van der Waals surface area contributed by atoms with Crippen molar-refractivity contribution in [2.75, 3.05) is 0 Å². The van der Waals surface area contributed by atoms with Crippen LogP contribution in [0.25, 0.3) is 0 Å². The summed E-state index contributed by atoms with van der Waals surface area (Å²) in [5.74, 6) is 0.554. The minimum atomic E-state index is -0.730. The molecule has 0 aromatic heterocycles. The Morgan fingerprint density at radius 3 is 2.64 bits per heavy atom. The number of carbonyl (C=O) groups is 1. The van der Waals surface area contributed by atoms with Gasteiger partial charge in [-0.2, -0.15) is 0 Å². The van der Waals surface area contributed by atoms with E-state index < -0.39 is 5.97 Å². The van der Waals surface area contributed by atoms with Crippen LogP contribution in [-0.2, 0) is 4.79 Å². The van der Waals surface area contributed by atoms with E-state index in [1.54, 1.807) is 0 Å². The fraction of sp³-hybridized carbons (Fsp3) is 0.792. The number of aliphatic hydroxyl groups is 2. The highest BCUT2D eigenvalue weighted by Gasteiger charge is 2.58. The van der Waals surface area contributed by atoms with Gasteiger partial charge < -0.3 is 15.3 Å². The number of carboxylic acid groups (broad SMARTS) is 1. The van der Waals surface area contributed by atoms with Crippen molar-refractivity contribution in [3.63, 3.8) is 0 Å². The Balaban J connectivity index is 1.65. The third-order valence-electron chi connectivity index (χ3n) is 7.87. The van der Waals surface area contributed by atoms with Crippen LogP contribution in [0.5, 0.6) is 0 Å². The van der Waals surface area contributed by atoms with Gasteiger partial charge >= 0.3 is 5.97 Å². The Morgan fingerprint density at radius 1 is 1.25 bits per heavy atom. The predicted octanol–water partition coefficient (Wildman–Crippen LogP) is 4.71. The zero-order valence-corrected chi connectivity index (χ0v) is 17.5. The van der Waals surface area contributed by atoms with Gasteiger partial charge in [0.05, 0.1) is 12.2 Å². The van der Waals surface area contributed by atoms with Crippen LogP contribution in [0.4, 0.5) is 0 Å². The molecule has 0 saturated heterocycles. The Bertz CT molecular complexity index is 604. The molecule has 158 valence electrons. The number of rotatable bonds is 7. The van der Waals surface area contributed by atoms with Crippen LogP contribution in [0.15, 0.2) is 23.8 Å². The lowest BCUT2D eigenvalue weighted by Gasteiger charge is -2.62. The molecular formula is C24H38O4. The van der Waals surface area contributed by atoms with Crippen LogP contribution in [0.2, 0.25) is 0 Å². The van der Waals surface area contributed by atoms with E-state index in [2.05, 4.69) is 26.0 Å². The summed E-state index contributed by atoms with van der Waals surface area (Å²) in [7, 11) is 0. The second-order valence-corrected chi connectivity index (χ2v) is 9.63. The summed E-state index contributed by atoms with van der Waals surface area (Å²) in [6.45, 7) is 4.55. The smallest absolute Gasteiger partial charge is 0.303 e. The van der Waals surface area contributed by atoms with Gasteiger partial charge in [-0.05, 0) is 61.7 Å². The molecule has 3 saturated carbocycles. The van der Waals surface area contributed by atoms with Gasteiger partial charge in [0.25, 0.3) is 0 Å². The summed E-state index contributed by atoms with van der Waals surface area (Å²) in [6, 6.07) is 0. The van der Waals surface area contributed by atoms with Crippen molar-refractivity contribution < 1.29 is 20.1 Å². The van der Waals surface area contributed by atoms with Crippen molar-refractivity contribution in [2.24, 2.45) is 29.1 Å². The molecular weight excluding hydrogens is 352 g/mol. The van der Waals surface area contributed by atoms with Crippen molar-refractivity contribution in [2.45, 2.75) is 90.3 Å². The highest BCUT2D eigenvalue weighted by molar-refractivity contribution is 5.66. The molecule has 3 N–H and O–H groups in total. The molecule has 0 heterocycles. The Kier molecular flexibility index (Phi) is 7.03. The molecule has 0 aromatic rings. The quantitative estimate of drug-likeness (QED) is 0.435. The highest BCUT2D eigenvalue weighted by atomic mass is 16.4. The van der Waals surface area contributed by atoms with Crippen molar-refractivity contribution in [3.05, 3.63) is 23.8 Å². The lowest BCUT2D eigenvalue weighted by molar-refractivity contribution is -0.137. The number of hydrogen-bond donors (Lipinski definition) is 3. The normalized spacial score (nSPS) is 38.9. The molecule has 28 heavy (non-hydrogen) atoms. The van der Waals surface area contributed by atoms with Gasteiger partial charge in [0.2, 0.25) is 0 Å². The molecule has 0 radical (unpaired) electrons. The molecule has 4 heteroatoms. The van der Waals surface area contributed by atoms with E-state index in [1.807, 2.05) is 6.08 Å². The lowest BCUT2D eigenvalue weighted by atomic mass is 9.43. The lowest BCUT2D eigenvalue weighted by Crippen LogP contribution is -2.56. The molecule has 0 amide bonds. The fourth-order valence-electron chi connectivity index (χ4n) is 6.36. The SMILES string of the molecule is CC1C(=CCCCC(=O)O)[C@]2(C)CC[C@H](O)[C@@H](C=CC(O)C3CCCCC3)[C@H]12. The van der Waals surface area contributed by atoms with Gasteiger partial charge in [0.1, 0.15) is 0 Å². The second-order valence-electron chi connectivity index (χ2n) is 9.63. The number of aliphatic carboxylic acids is 1. The Morgan fingerprint density at radius 2 is 1.96 bits per heavy atom. The first-order valence-corrected chi connectivity index (χ1v) is 11.3. The summed E-state index contributed by atoms with van der Waals surface area (Å²) in [5.41, 5.74) is 1.55. The number of aliphatic hydroxyl groups excluding tert-OH is 2. The third-order valence-corrected chi connectivity index (χ3v) is 7.87. The summed E-state index contributed by atoms with van der Waals surface area (Å²) in [4.78, 5) is 10.7. The highest BCUT2D eigenvalue weighted by Crippen LogP contribution is 2.64. The minimum Gasteiger partial charge on any atom is -0.481 e. The topological polar surface area (TPSA) is 77.8 Å². The maximum absolute atomic E-state index is 10.7. The number of fused-ring (bicyclic) bond motifs is 1. The Labute approximate surface area is 169 Å². The summed E-state index contributed by atoms with van der Waals surface area (Å²) >= 11 is 0. The van der Waals surface area contributed by atoms with Crippen LogP contribution in [0.1, 0.15) is 78.1 Å². The van der Waals surface area contributed by atoms with E-state index in [1.165, 1.54) is 24.8 Å². The van der Waals surface area contributed by atoms with E-state index in [-0.39, 0.29) is 30.0 Å². The van der Waals surface area contributed by atoms with Crippen LogP contribution in [0, 0.1) is 29.1 Å². The monoisotopic (exact) mass is 390 g/mol. The van der Waals surface area contributed by atoms with Gasteiger partial charge in [-0.15, -0.1) is 0 Å². The van der Waals surface area contributed by atoms with E-state index >= 15 is 0 Å². The van der Waals surface area contributed by atoms with Gasteiger partial charge in [0.15, 0.2) is 0 Å². The second kappa shape index (κ2) is 9.13. The molecule has 4 nitrogen and oxygen atoms in total. The average Bonchev–Trinajstić information content (AvgIpc) is 2.68. The summed E-state index contributed by atoms with van der Waals surface area (Å²) in [5, 5.41) is 30.1. The molecule has 0 aromatic carbocycles. The molecule has 6 atom stereocenters. The molecule has 0 spiro atoms. The molecule has 0 aliphatic heterocycles. The summed E-state index contributed by atoms with van der Waals surface area (Å²) < 4.78 is 0. The van der Waals surface area contributed by atoms with Gasteiger partial charge in [-0.3, -0.25) is 4.79 Å². The van der Waals surface area contributed by atoms with Gasteiger partial charge in [-0.25, -0.2) is 0 Å². The van der Waals surface area contributed by atoms with Crippen LogP contribution in [-0.4, -0.2) is 33.5 Å². The molecule has 3 fully saturated rings. The molecule has 3 aliphatic carbocycles. The van der Waals surface area contributed by atoms with Gasteiger partial charge in [-0.1, -0.05) is 56.9 Å². The Hall–Kier alpha value is -1.13. The van der Waals surface area contributed by atoms with E-state index in [0.717, 1.165) is 32.1 Å². The standard InChI is InChI=1S/C24H38O4/c1-16-19(10-6-7-11-22(27)28)24(2)15-14-21(26)18(23(16)24)12-13-20(25)17-8-4-3-5-9-17/h10,12-13,16-18,20-21,23,25-26H,3-9,11,14-15H2,1-2H3,(H,27,28)/t16?,18-,20?,21+,23+,24+/m1/s1. The molecule has 2 unspecified atom stereocenters. The predicted molar refractivity (Wildman–Crippen MR) is 111 cm³/mol. The van der Waals surface area contributed by atoms with E-state index in [0.29, 0.717) is 24.2 Å². The maximum Gasteiger partial charge on any atom is 0.303 e. The first-order valence-electron chi connectivity index (χ1n) is 11.3. The summed E-state index contributed by atoms with van der Waals surface area (Å²) in [6.07, 6.45) is 15.1. The number of carboxylic acids is 1. The zero-order valence-electron chi connectivity index (χ0n) is 17.5. The number of unbranched alkanes of at least 4 members (excludes halogenated alkanes) is 1. The van der Waals surface area contributed by atoms with Crippen molar-refractivity contribution in [1.29, 1.82) is 0 Å². The third kappa shape index (κ3) is 4.38. The van der Waals surface area contributed by atoms with Crippen LogP contribution < -0.4 is 0 Å². The molecule has 0 bridgehead atoms. The molecule has 3 rings (SSSR count). The van der Waals surface area contributed by atoms with Crippen molar-refractivity contribution in [3.8, 4) is 0 Å². The maximum atomic E-state index is 10.7. The van der Waals surface area contributed by atoms with Crippen molar-refractivity contribution in [1.82, 2.24) is 0 Å². The number of hydrogen-bond acceptors (Lipinski definition) is 3. The van der Waals surface area contributed by atoms with E-state index in [9.17, 15) is 15.0 Å². The largest absolute Gasteiger partial charge is 0.481 e. The first kappa shape index (κ1) is 21.6. The van der Waals surface area contributed by atoms with Gasteiger partial charge in [0, 0.05) is 12.3 Å². The van der Waals surface area contributed by atoms with Crippen molar-refractivity contribution >= 4 is 5.97 Å². The average molecular weight is 391 g/mol.